The number of amides is 2. The van der Waals surface area contributed by atoms with Crippen LogP contribution in [0.1, 0.15) is 17.0 Å². The van der Waals surface area contributed by atoms with Crippen LogP contribution in [0.3, 0.4) is 0 Å². The first-order chi connectivity index (χ1) is 12.8. The van der Waals surface area contributed by atoms with E-state index in [9.17, 15) is 13.2 Å². The largest absolute Gasteiger partial charge is 0.360 e. The fourth-order valence-corrected chi connectivity index (χ4v) is 4.69. The molecule has 0 bridgehead atoms. The van der Waals surface area contributed by atoms with Crippen LogP contribution in [0.4, 0.5) is 10.5 Å². The lowest BCUT2D eigenvalue weighted by Gasteiger charge is -2.33. The van der Waals surface area contributed by atoms with Gasteiger partial charge in [0, 0.05) is 31.9 Å². The van der Waals surface area contributed by atoms with Gasteiger partial charge >= 0.3 is 6.03 Å². The van der Waals surface area contributed by atoms with Crippen molar-refractivity contribution in [3.8, 4) is 6.07 Å². The number of piperazine rings is 1. The molecule has 3 rings (SSSR count). The van der Waals surface area contributed by atoms with Gasteiger partial charge in [0.25, 0.3) is 0 Å². The molecule has 0 unspecified atom stereocenters. The van der Waals surface area contributed by atoms with Crippen molar-refractivity contribution in [2.24, 2.45) is 0 Å². The number of carbonyl (C=O) groups excluding carboxylic acids is 1. The lowest BCUT2D eigenvalue weighted by molar-refractivity contribution is 0.184. The zero-order valence-corrected chi connectivity index (χ0v) is 15.8. The molecule has 0 radical (unpaired) electrons. The molecule has 1 aliphatic heterocycles. The number of rotatable bonds is 3. The monoisotopic (exact) mass is 389 g/mol. The van der Waals surface area contributed by atoms with Gasteiger partial charge in [-0.2, -0.15) is 9.57 Å². The molecule has 1 aliphatic rings. The highest BCUT2D eigenvalue weighted by atomic mass is 32.2. The summed E-state index contributed by atoms with van der Waals surface area (Å²) in [5.41, 5.74) is 1.29. The van der Waals surface area contributed by atoms with Crippen molar-refractivity contribution in [1.82, 2.24) is 14.4 Å². The molecule has 0 spiro atoms. The lowest BCUT2D eigenvalue weighted by atomic mass is 10.2. The molecule has 1 fully saturated rings. The number of aryl methyl sites for hydroxylation is 2. The molecule has 1 N–H and O–H groups in total. The molecule has 2 aromatic rings. The summed E-state index contributed by atoms with van der Waals surface area (Å²) in [6.45, 7) is 4.02. The number of hydrogen-bond acceptors (Lipinski definition) is 6. The Kier molecular flexibility index (Phi) is 5.16. The minimum Gasteiger partial charge on any atom is -0.360 e. The predicted octanol–water partition coefficient (Wildman–Crippen LogP) is 1.70. The van der Waals surface area contributed by atoms with Gasteiger partial charge in [-0.15, -0.1) is 0 Å². The van der Waals surface area contributed by atoms with Gasteiger partial charge in [0.15, 0.2) is 5.76 Å². The Labute approximate surface area is 157 Å². The summed E-state index contributed by atoms with van der Waals surface area (Å²) in [4.78, 5) is 14.0. The highest BCUT2D eigenvalue weighted by Gasteiger charge is 2.34. The van der Waals surface area contributed by atoms with E-state index in [1.807, 2.05) is 6.07 Å². The number of carbonyl (C=O) groups is 1. The first-order valence-corrected chi connectivity index (χ1v) is 9.76. The third-order valence-electron chi connectivity index (χ3n) is 4.33. The number of nitriles is 1. The summed E-state index contributed by atoms with van der Waals surface area (Å²) < 4.78 is 31.9. The molecule has 1 saturated heterocycles. The average Bonchev–Trinajstić information content (AvgIpc) is 3.01. The number of hydrogen-bond donors (Lipinski definition) is 1. The number of sulfonamides is 1. The van der Waals surface area contributed by atoms with E-state index in [1.165, 1.54) is 4.31 Å². The summed E-state index contributed by atoms with van der Waals surface area (Å²) in [6.07, 6.45) is 0. The number of nitrogens with one attached hydrogen (secondary N) is 1. The second-order valence-electron chi connectivity index (χ2n) is 6.17. The highest BCUT2D eigenvalue weighted by molar-refractivity contribution is 7.89. The molecule has 27 heavy (non-hydrogen) atoms. The fourth-order valence-electron chi connectivity index (χ4n) is 2.97. The van der Waals surface area contributed by atoms with Crippen LogP contribution in [0.2, 0.25) is 0 Å². The van der Waals surface area contributed by atoms with Crippen LogP contribution in [0.5, 0.6) is 0 Å². The molecule has 9 nitrogen and oxygen atoms in total. The molecule has 10 heteroatoms. The Balaban J connectivity index is 1.65. The molecule has 0 aliphatic carbocycles. The van der Waals surface area contributed by atoms with Crippen molar-refractivity contribution < 1.29 is 17.7 Å². The van der Waals surface area contributed by atoms with Crippen molar-refractivity contribution >= 4 is 21.7 Å². The standard InChI is InChI=1S/C17H19N5O4S/c1-12-16(13(2)26-20-12)27(24,25)22-8-6-21(7-9-22)17(23)19-15-5-3-4-14(10-15)11-18/h3-5,10H,6-9H2,1-2H3,(H,19,23). The van der Waals surface area contributed by atoms with Gasteiger partial charge in [-0.05, 0) is 32.0 Å². The number of nitrogens with zero attached hydrogens (tertiary/aromatic N) is 4. The van der Waals surface area contributed by atoms with Gasteiger partial charge in [0.05, 0.1) is 11.6 Å². The molecule has 142 valence electrons. The summed E-state index contributed by atoms with van der Waals surface area (Å²) >= 11 is 0. The van der Waals surface area contributed by atoms with Crippen LogP contribution in [0.15, 0.2) is 33.7 Å². The maximum absolute atomic E-state index is 12.8. The summed E-state index contributed by atoms with van der Waals surface area (Å²) in [7, 11) is -3.71. The first kappa shape index (κ1) is 18.9. The first-order valence-electron chi connectivity index (χ1n) is 8.32. The quantitative estimate of drug-likeness (QED) is 0.853. The van der Waals surface area contributed by atoms with Crippen molar-refractivity contribution in [2.45, 2.75) is 18.7 Å². The van der Waals surface area contributed by atoms with Crippen LogP contribution in [0, 0.1) is 25.2 Å². The van der Waals surface area contributed by atoms with Crippen molar-refractivity contribution in [3.05, 3.63) is 41.3 Å². The smallest absolute Gasteiger partial charge is 0.321 e. The van der Waals surface area contributed by atoms with E-state index < -0.39 is 10.0 Å². The second kappa shape index (κ2) is 7.38. The second-order valence-corrected chi connectivity index (χ2v) is 8.04. The summed E-state index contributed by atoms with van der Waals surface area (Å²) in [5.74, 6) is 0.255. The van der Waals surface area contributed by atoms with E-state index in [2.05, 4.69) is 10.5 Å². The van der Waals surface area contributed by atoms with E-state index in [0.717, 1.165) is 0 Å². The minimum absolute atomic E-state index is 0.0914. The van der Waals surface area contributed by atoms with Crippen LogP contribution >= 0.6 is 0 Å². The zero-order chi connectivity index (χ0) is 19.6. The zero-order valence-electron chi connectivity index (χ0n) is 15.0. The Morgan fingerprint density at radius 3 is 2.56 bits per heavy atom. The maximum atomic E-state index is 12.8. The van der Waals surface area contributed by atoms with Crippen LogP contribution in [-0.4, -0.2) is 55.0 Å². The topological polar surface area (TPSA) is 120 Å². The molecular weight excluding hydrogens is 370 g/mol. The van der Waals surface area contributed by atoms with E-state index in [-0.39, 0.29) is 42.9 Å². The van der Waals surface area contributed by atoms with Gasteiger partial charge < -0.3 is 14.7 Å². The summed E-state index contributed by atoms with van der Waals surface area (Å²) in [5, 5.41) is 15.4. The molecule has 2 heterocycles. The van der Waals surface area contributed by atoms with E-state index >= 15 is 0 Å². The average molecular weight is 389 g/mol. The Morgan fingerprint density at radius 2 is 1.96 bits per heavy atom. The van der Waals surface area contributed by atoms with Gasteiger partial charge in [-0.1, -0.05) is 11.2 Å². The van der Waals surface area contributed by atoms with E-state index in [0.29, 0.717) is 16.9 Å². The fraction of sp³-hybridized carbons (Fsp3) is 0.353. The molecular formula is C17H19N5O4S. The van der Waals surface area contributed by atoms with Gasteiger partial charge in [-0.3, -0.25) is 0 Å². The van der Waals surface area contributed by atoms with Gasteiger partial charge in [0.2, 0.25) is 10.0 Å². The lowest BCUT2D eigenvalue weighted by Crippen LogP contribution is -2.51. The van der Waals surface area contributed by atoms with Gasteiger partial charge in [0.1, 0.15) is 10.6 Å². The Hall–Kier alpha value is -2.90. The van der Waals surface area contributed by atoms with E-state index in [4.69, 9.17) is 9.78 Å². The molecule has 1 aromatic heterocycles. The summed E-state index contributed by atoms with van der Waals surface area (Å²) in [6, 6.07) is 8.28. The van der Waals surface area contributed by atoms with Crippen molar-refractivity contribution in [3.63, 3.8) is 0 Å². The Morgan fingerprint density at radius 1 is 1.26 bits per heavy atom. The predicted molar refractivity (Wildman–Crippen MR) is 96.5 cm³/mol. The van der Waals surface area contributed by atoms with Crippen molar-refractivity contribution in [2.75, 3.05) is 31.5 Å². The molecule has 2 amide bonds. The number of aromatic nitrogens is 1. The van der Waals surface area contributed by atoms with Gasteiger partial charge in [-0.25, -0.2) is 13.2 Å². The SMILES string of the molecule is Cc1noc(C)c1S(=O)(=O)N1CCN(C(=O)Nc2cccc(C#N)c2)CC1. The normalized spacial score (nSPS) is 15.4. The maximum Gasteiger partial charge on any atom is 0.321 e. The van der Waals surface area contributed by atoms with Crippen LogP contribution in [-0.2, 0) is 10.0 Å². The molecule has 0 atom stereocenters. The van der Waals surface area contributed by atoms with Crippen LogP contribution < -0.4 is 5.32 Å². The minimum atomic E-state index is -3.71. The van der Waals surface area contributed by atoms with E-state index in [1.54, 1.807) is 43.0 Å². The number of anilines is 1. The third kappa shape index (κ3) is 3.79. The Bertz CT molecular complexity index is 981. The van der Waals surface area contributed by atoms with Crippen molar-refractivity contribution in [1.29, 1.82) is 5.26 Å². The highest BCUT2D eigenvalue weighted by Crippen LogP contribution is 2.24. The number of benzene rings is 1. The number of urea groups is 1. The molecule has 1 aromatic carbocycles. The third-order valence-corrected chi connectivity index (χ3v) is 6.48. The molecule has 0 saturated carbocycles. The van der Waals surface area contributed by atoms with Crippen LogP contribution in [0.25, 0.3) is 0 Å².